The molecule has 2 N–H and O–H groups in total. The van der Waals surface area contributed by atoms with E-state index in [0.29, 0.717) is 12.1 Å². The van der Waals surface area contributed by atoms with Gasteiger partial charge in [-0.1, -0.05) is 6.92 Å². The van der Waals surface area contributed by atoms with Gasteiger partial charge in [0.25, 0.3) is 0 Å². The average molecular weight is 157 g/mol. The van der Waals surface area contributed by atoms with E-state index < -0.39 is 0 Å². The predicted octanol–water partition coefficient (Wildman–Crippen LogP) is 0.451. The summed E-state index contributed by atoms with van der Waals surface area (Å²) in [5.74, 6) is 0. The Labute approximate surface area is 67.1 Å². The fourth-order valence-corrected chi connectivity index (χ4v) is 0.821. The van der Waals surface area contributed by atoms with Crippen LogP contribution in [0.2, 0.25) is 0 Å². The molecule has 0 aliphatic carbocycles. The van der Waals surface area contributed by atoms with Gasteiger partial charge in [-0.3, -0.25) is 4.79 Å². The van der Waals surface area contributed by atoms with Crippen molar-refractivity contribution in [3.63, 3.8) is 0 Å². The van der Waals surface area contributed by atoms with E-state index >= 15 is 0 Å². The molecule has 0 fully saturated rings. The van der Waals surface area contributed by atoms with Crippen LogP contribution in [-0.2, 0) is 4.79 Å². The van der Waals surface area contributed by atoms with Crippen molar-refractivity contribution >= 4 is 6.29 Å². The summed E-state index contributed by atoms with van der Waals surface area (Å²) in [4.78, 5) is 10.3. The van der Waals surface area contributed by atoms with Crippen LogP contribution in [0, 0.1) is 0 Å². The minimum absolute atomic E-state index is 0.0929. The number of carbonyl (C=O) groups is 1. The van der Waals surface area contributed by atoms with Crippen LogP contribution in [0.3, 0.4) is 0 Å². The number of nitrogens with one attached hydrogen (secondary N) is 1. The first-order valence-corrected chi connectivity index (χ1v) is 3.75. The Kier molecular flexibility index (Phi) is 5.47. The lowest BCUT2D eigenvalue weighted by Crippen LogP contribution is -2.18. The Morgan fingerprint density at radius 1 is 1.64 bits per heavy atom. The predicted molar refractivity (Wildman–Crippen MR) is 44.1 cm³/mol. The molecule has 0 atom stereocenters. The van der Waals surface area contributed by atoms with Gasteiger partial charge in [-0.05, 0) is 13.3 Å². The minimum Gasteiger partial charge on any atom is -0.395 e. The van der Waals surface area contributed by atoms with E-state index in [4.69, 9.17) is 5.11 Å². The summed E-state index contributed by atoms with van der Waals surface area (Å²) in [6, 6.07) is 0. The van der Waals surface area contributed by atoms with E-state index in [0.717, 1.165) is 18.4 Å². The molecule has 0 aromatic carbocycles. The Hall–Kier alpha value is -0.830. The van der Waals surface area contributed by atoms with Gasteiger partial charge in [0.2, 0.25) is 0 Å². The molecule has 3 heteroatoms. The van der Waals surface area contributed by atoms with Gasteiger partial charge in [0.1, 0.15) is 6.29 Å². The summed E-state index contributed by atoms with van der Waals surface area (Å²) >= 11 is 0. The van der Waals surface area contributed by atoms with Crippen LogP contribution >= 0.6 is 0 Å². The molecule has 0 aromatic heterocycles. The molecule has 0 saturated carbocycles. The third kappa shape index (κ3) is 3.78. The number of rotatable bonds is 5. The van der Waals surface area contributed by atoms with Crippen LogP contribution in [0.4, 0.5) is 0 Å². The largest absolute Gasteiger partial charge is 0.395 e. The number of aldehydes is 1. The number of hydrogen-bond donors (Lipinski definition) is 2. The molecule has 64 valence electrons. The fraction of sp³-hybridized carbons (Fsp3) is 0.625. The van der Waals surface area contributed by atoms with Gasteiger partial charge in [-0.25, -0.2) is 0 Å². The first kappa shape index (κ1) is 10.2. The van der Waals surface area contributed by atoms with Crippen molar-refractivity contribution in [2.24, 2.45) is 0 Å². The van der Waals surface area contributed by atoms with Gasteiger partial charge < -0.3 is 10.4 Å². The second-order valence-corrected chi connectivity index (χ2v) is 2.28. The topological polar surface area (TPSA) is 49.3 Å². The van der Waals surface area contributed by atoms with Crippen molar-refractivity contribution in [1.29, 1.82) is 0 Å². The summed E-state index contributed by atoms with van der Waals surface area (Å²) in [7, 11) is 0. The molecule has 11 heavy (non-hydrogen) atoms. The zero-order valence-electron chi connectivity index (χ0n) is 7.05. The highest BCUT2D eigenvalue weighted by Crippen LogP contribution is 2.01. The van der Waals surface area contributed by atoms with Crippen LogP contribution in [-0.4, -0.2) is 24.5 Å². The summed E-state index contributed by atoms with van der Waals surface area (Å²) in [6.07, 6.45) is 1.62. The number of aliphatic hydroxyl groups is 1. The molecule has 0 bridgehead atoms. The molecule has 0 aromatic rings. The summed E-state index contributed by atoms with van der Waals surface area (Å²) in [5.41, 5.74) is 1.62. The number of allylic oxidation sites excluding steroid dienone is 2. The molecule has 0 radical (unpaired) electrons. The van der Waals surface area contributed by atoms with Gasteiger partial charge in [0.15, 0.2) is 0 Å². The van der Waals surface area contributed by atoms with Crippen LogP contribution in [0.1, 0.15) is 20.3 Å². The lowest BCUT2D eigenvalue weighted by Gasteiger charge is -2.08. The molecule has 0 rings (SSSR count). The number of carbonyl (C=O) groups excluding carboxylic acids is 1. The summed E-state index contributed by atoms with van der Waals surface area (Å²) in [5, 5.41) is 11.5. The highest BCUT2D eigenvalue weighted by atomic mass is 16.3. The van der Waals surface area contributed by atoms with E-state index in [1.165, 1.54) is 0 Å². The highest BCUT2D eigenvalue weighted by molar-refractivity contribution is 5.73. The van der Waals surface area contributed by atoms with Crippen molar-refractivity contribution in [3.05, 3.63) is 11.3 Å². The van der Waals surface area contributed by atoms with Gasteiger partial charge in [0, 0.05) is 17.8 Å². The van der Waals surface area contributed by atoms with Crippen molar-refractivity contribution in [2.45, 2.75) is 20.3 Å². The number of hydrogen-bond acceptors (Lipinski definition) is 3. The van der Waals surface area contributed by atoms with E-state index in [-0.39, 0.29) is 6.61 Å². The quantitative estimate of drug-likeness (QED) is 0.450. The molecule has 0 aliphatic heterocycles. The Balaban J connectivity index is 4.03. The van der Waals surface area contributed by atoms with Crippen LogP contribution in [0.5, 0.6) is 0 Å². The second-order valence-electron chi connectivity index (χ2n) is 2.28. The maximum Gasteiger partial charge on any atom is 0.147 e. The SMILES string of the molecule is CCC(NCCO)=C(C)C=O. The van der Waals surface area contributed by atoms with Crippen molar-refractivity contribution in [3.8, 4) is 0 Å². The third-order valence-electron chi connectivity index (χ3n) is 1.46. The van der Waals surface area contributed by atoms with E-state index in [9.17, 15) is 4.79 Å². The van der Waals surface area contributed by atoms with Crippen molar-refractivity contribution in [2.75, 3.05) is 13.2 Å². The van der Waals surface area contributed by atoms with Gasteiger partial charge in [-0.15, -0.1) is 0 Å². The monoisotopic (exact) mass is 157 g/mol. The van der Waals surface area contributed by atoms with Crippen LogP contribution in [0.15, 0.2) is 11.3 Å². The molecule has 0 spiro atoms. The third-order valence-corrected chi connectivity index (χ3v) is 1.46. The van der Waals surface area contributed by atoms with Crippen LogP contribution in [0.25, 0.3) is 0 Å². The van der Waals surface area contributed by atoms with Gasteiger partial charge in [-0.2, -0.15) is 0 Å². The molecule has 0 unspecified atom stereocenters. The minimum atomic E-state index is 0.0929. The lowest BCUT2D eigenvalue weighted by molar-refractivity contribution is -0.104. The molecular formula is C8H15NO2. The average Bonchev–Trinajstić information content (AvgIpc) is 2.05. The second kappa shape index (κ2) is 5.92. The first-order valence-electron chi connectivity index (χ1n) is 3.75. The highest BCUT2D eigenvalue weighted by Gasteiger charge is 1.96. The Morgan fingerprint density at radius 3 is 2.64 bits per heavy atom. The number of aliphatic hydroxyl groups excluding tert-OH is 1. The van der Waals surface area contributed by atoms with Crippen molar-refractivity contribution < 1.29 is 9.90 Å². The fourth-order valence-electron chi connectivity index (χ4n) is 0.821. The van der Waals surface area contributed by atoms with E-state index in [1.54, 1.807) is 6.92 Å². The van der Waals surface area contributed by atoms with E-state index in [2.05, 4.69) is 5.32 Å². The molecule has 0 amide bonds. The zero-order chi connectivity index (χ0) is 8.69. The summed E-state index contributed by atoms with van der Waals surface area (Å²) < 4.78 is 0. The molecule has 3 nitrogen and oxygen atoms in total. The van der Waals surface area contributed by atoms with Gasteiger partial charge >= 0.3 is 0 Å². The zero-order valence-corrected chi connectivity index (χ0v) is 7.05. The maximum atomic E-state index is 10.3. The first-order chi connectivity index (χ1) is 5.26. The van der Waals surface area contributed by atoms with Crippen molar-refractivity contribution in [1.82, 2.24) is 5.32 Å². The maximum absolute atomic E-state index is 10.3. The Morgan fingerprint density at radius 2 is 2.27 bits per heavy atom. The molecule has 0 heterocycles. The standard InChI is InChI=1S/C8H15NO2/c1-3-8(7(2)6-11)9-4-5-10/h6,9-10H,3-5H2,1-2H3. The Bertz CT molecular complexity index is 152. The van der Waals surface area contributed by atoms with Gasteiger partial charge in [0.05, 0.1) is 6.61 Å². The van der Waals surface area contributed by atoms with E-state index in [1.807, 2.05) is 6.92 Å². The normalized spacial score (nSPS) is 12.3. The molecule has 0 aliphatic rings. The molecular weight excluding hydrogens is 142 g/mol. The van der Waals surface area contributed by atoms with Crippen LogP contribution < -0.4 is 5.32 Å². The molecule has 0 saturated heterocycles. The smallest absolute Gasteiger partial charge is 0.147 e. The summed E-state index contributed by atoms with van der Waals surface area (Å²) in [6.45, 7) is 4.33. The lowest BCUT2D eigenvalue weighted by atomic mass is 10.2.